The molecule has 10 atom stereocenters. The second-order valence-electron chi connectivity index (χ2n) is 24.3. The van der Waals surface area contributed by atoms with Crippen molar-refractivity contribution in [3.05, 3.63) is 107 Å². The van der Waals surface area contributed by atoms with Gasteiger partial charge in [-0.25, -0.2) is 4.79 Å². The largest absolute Gasteiger partial charge is 0.497 e. The number of ether oxygens (including phenoxy) is 5. The summed E-state index contributed by atoms with van der Waals surface area (Å²) in [5.41, 5.74) is 3.70. The van der Waals surface area contributed by atoms with Crippen LogP contribution in [0, 0.1) is 46.3 Å². The topological polar surface area (TPSA) is 142 Å². The minimum Gasteiger partial charge on any atom is -0.497 e. The molecule has 0 spiro atoms. The number of hydrogen-bond acceptors (Lipinski definition) is 9. The first kappa shape index (κ1) is 57.8. The number of allylic oxidation sites excluding steroid dienone is 1. The number of alkyl carbamates (subject to hydrolysis) is 1. The molecule has 3 saturated carbocycles. The monoisotopic (exact) mass is 1060 g/mol. The van der Waals surface area contributed by atoms with Gasteiger partial charge in [-0.15, -0.1) is 0 Å². The van der Waals surface area contributed by atoms with Crippen molar-refractivity contribution in [2.45, 2.75) is 174 Å². The highest BCUT2D eigenvalue weighted by Gasteiger charge is 2.59. The Morgan fingerprint density at radius 3 is 2.08 bits per heavy atom. The lowest BCUT2D eigenvalue weighted by Gasteiger charge is -2.58. The highest BCUT2D eigenvalue weighted by Crippen LogP contribution is 2.67. The molecule has 0 radical (unpaired) electrons. The van der Waals surface area contributed by atoms with Crippen molar-refractivity contribution in [1.29, 1.82) is 0 Å². The van der Waals surface area contributed by atoms with E-state index in [1.54, 1.807) is 19.1 Å². The van der Waals surface area contributed by atoms with E-state index >= 15 is 0 Å². The number of nitrogens with one attached hydrogen (secondary N) is 2. The maximum atomic E-state index is 14.3. The molecule has 8 rings (SSSR count). The Morgan fingerprint density at radius 1 is 0.727 bits per heavy atom. The Labute approximate surface area is 460 Å². The van der Waals surface area contributed by atoms with Crippen molar-refractivity contribution < 1.29 is 42.9 Å². The molecule has 1 heterocycles. The fourth-order valence-electron chi connectivity index (χ4n) is 15.2. The molecule has 3 amide bonds. The number of unbranched alkanes of at least 4 members (excludes halogenated alkanes) is 2. The van der Waals surface area contributed by atoms with Crippen LogP contribution in [0.25, 0.3) is 0 Å². The molecule has 2 N–H and O–H groups in total. The molecule has 1 saturated heterocycles. The predicted octanol–water partition coefficient (Wildman–Crippen LogP) is 12.7. The second-order valence-corrected chi connectivity index (χ2v) is 24.3. The van der Waals surface area contributed by atoms with Gasteiger partial charge in [0.05, 0.1) is 39.8 Å². The molecule has 3 aromatic carbocycles. The zero-order valence-electron chi connectivity index (χ0n) is 47.7. The third-order valence-corrected chi connectivity index (χ3v) is 19.4. The number of methoxy groups -OCH3 is 2. The maximum Gasteiger partial charge on any atom is 0.407 e. The summed E-state index contributed by atoms with van der Waals surface area (Å²) in [7, 11) is 4.80. The van der Waals surface area contributed by atoms with Gasteiger partial charge in [0.2, 0.25) is 11.8 Å². The van der Waals surface area contributed by atoms with Crippen LogP contribution >= 0.6 is 0 Å². The lowest BCUT2D eigenvalue weighted by atomic mass is 9.47. The fourth-order valence-corrected chi connectivity index (χ4v) is 15.2. The Hall–Kier alpha value is -5.36. The molecular formula is C65H91N3O9. The summed E-state index contributed by atoms with van der Waals surface area (Å²) >= 11 is 0. The van der Waals surface area contributed by atoms with E-state index in [1.807, 2.05) is 78.9 Å². The molecule has 3 unspecified atom stereocenters. The van der Waals surface area contributed by atoms with Crippen LogP contribution in [-0.4, -0.2) is 88.0 Å². The van der Waals surface area contributed by atoms with Gasteiger partial charge in [0.1, 0.15) is 29.3 Å². The average Bonchev–Trinajstić information content (AvgIpc) is 4.19. The van der Waals surface area contributed by atoms with Crippen molar-refractivity contribution in [2.24, 2.45) is 46.3 Å². The van der Waals surface area contributed by atoms with Gasteiger partial charge in [0.25, 0.3) is 0 Å². The van der Waals surface area contributed by atoms with Gasteiger partial charge >= 0.3 is 12.1 Å². The minimum absolute atomic E-state index is 0.0190. The van der Waals surface area contributed by atoms with Gasteiger partial charge in [-0.2, -0.15) is 0 Å². The lowest BCUT2D eigenvalue weighted by Crippen LogP contribution is -2.51. The van der Waals surface area contributed by atoms with Gasteiger partial charge in [0, 0.05) is 39.3 Å². The van der Waals surface area contributed by atoms with Crippen molar-refractivity contribution in [1.82, 2.24) is 15.5 Å². The number of esters is 1. The second kappa shape index (κ2) is 26.1. The smallest absolute Gasteiger partial charge is 0.407 e. The van der Waals surface area contributed by atoms with E-state index in [1.165, 1.54) is 64.0 Å². The van der Waals surface area contributed by atoms with Crippen molar-refractivity contribution >= 4 is 23.9 Å². The van der Waals surface area contributed by atoms with Gasteiger partial charge in [-0.05, 0) is 145 Å². The third kappa shape index (κ3) is 13.2. The maximum absolute atomic E-state index is 14.3. The average molecular weight is 1060 g/mol. The van der Waals surface area contributed by atoms with E-state index in [4.69, 9.17) is 23.7 Å². The van der Waals surface area contributed by atoms with Crippen LogP contribution in [0.5, 0.6) is 11.5 Å². The summed E-state index contributed by atoms with van der Waals surface area (Å²) in [6.45, 7) is 13.3. The quantitative estimate of drug-likeness (QED) is 0.0388. The molecule has 77 heavy (non-hydrogen) atoms. The van der Waals surface area contributed by atoms with Gasteiger partial charge in [-0.1, -0.05) is 127 Å². The Balaban J connectivity index is 0.849. The zero-order chi connectivity index (χ0) is 54.7. The summed E-state index contributed by atoms with van der Waals surface area (Å²) in [4.78, 5) is 54.3. The minimum atomic E-state index is -1.11. The Kier molecular flexibility index (Phi) is 19.6. The number of carbonyl (C=O) groups is 4. The summed E-state index contributed by atoms with van der Waals surface area (Å²) in [6, 6.07) is 25.2. The van der Waals surface area contributed by atoms with Crippen LogP contribution in [0.1, 0.15) is 167 Å². The molecule has 12 nitrogen and oxygen atoms in total. The summed E-state index contributed by atoms with van der Waals surface area (Å²) in [6.07, 6.45) is 17.8. The van der Waals surface area contributed by atoms with Crippen LogP contribution in [0.4, 0.5) is 4.79 Å². The summed E-state index contributed by atoms with van der Waals surface area (Å²) in [5.74, 6) is 5.39. The van der Waals surface area contributed by atoms with E-state index in [2.05, 4.69) is 51.3 Å². The van der Waals surface area contributed by atoms with Crippen LogP contribution < -0.4 is 20.1 Å². The number of fused-ring (bicyclic) bond motifs is 5. The van der Waals surface area contributed by atoms with E-state index in [0.717, 1.165) is 77.9 Å². The highest BCUT2D eigenvalue weighted by atomic mass is 16.6. The van der Waals surface area contributed by atoms with E-state index in [9.17, 15) is 19.2 Å². The Bertz CT molecular complexity index is 2410. The Morgan fingerprint density at radius 2 is 1.42 bits per heavy atom. The molecule has 5 aliphatic rings. The van der Waals surface area contributed by atoms with E-state index in [-0.39, 0.29) is 61.8 Å². The molecular weight excluding hydrogens is 967 g/mol. The first-order valence-electron chi connectivity index (χ1n) is 29.4. The SMILES string of the molecule is CNC(=O)CCC(=O)O[C@@H]1C[C@@H](COC(c2ccccc2)(c2ccc(OC)cc2)c2ccc(OC)cc2)N(C(=O)CCCCCNC(=O)O[C@H]2CC[C@@]3(C)C(=CCC4C3CC[C@@]3(C)C4CC[C@@H]3[C@H](C)CCCC(C)C)C2)C1. The normalized spacial score (nSPS) is 27.1. The van der Waals surface area contributed by atoms with Crippen LogP contribution in [-0.2, 0) is 34.2 Å². The molecule has 420 valence electrons. The molecule has 0 bridgehead atoms. The van der Waals surface area contributed by atoms with E-state index < -0.39 is 23.7 Å². The van der Waals surface area contributed by atoms with Crippen molar-refractivity contribution in [3.8, 4) is 11.5 Å². The van der Waals surface area contributed by atoms with Crippen LogP contribution in [0.15, 0.2) is 90.5 Å². The van der Waals surface area contributed by atoms with Crippen LogP contribution in [0.3, 0.4) is 0 Å². The number of carbonyl (C=O) groups excluding carboxylic acids is 4. The van der Waals surface area contributed by atoms with Gasteiger partial charge in [0.15, 0.2) is 0 Å². The lowest BCUT2D eigenvalue weighted by molar-refractivity contribution is -0.150. The van der Waals surface area contributed by atoms with Crippen LogP contribution in [0.2, 0.25) is 0 Å². The highest BCUT2D eigenvalue weighted by molar-refractivity contribution is 5.81. The molecule has 4 aliphatic carbocycles. The first-order valence-corrected chi connectivity index (χ1v) is 29.4. The van der Waals surface area contributed by atoms with Crippen molar-refractivity contribution in [2.75, 3.05) is 41.0 Å². The van der Waals surface area contributed by atoms with E-state index in [0.29, 0.717) is 42.7 Å². The molecule has 4 fully saturated rings. The number of rotatable bonds is 24. The predicted molar refractivity (Wildman–Crippen MR) is 301 cm³/mol. The van der Waals surface area contributed by atoms with Gasteiger partial charge in [-0.3, -0.25) is 14.4 Å². The number of benzene rings is 3. The number of hydrogen-bond donors (Lipinski definition) is 2. The summed E-state index contributed by atoms with van der Waals surface area (Å²) in [5, 5.41) is 5.57. The molecule has 0 aromatic heterocycles. The molecule has 1 aliphatic heterocycles. The molecule has 3 aromatic rings. The number of likely N-dealkylation sites (tertiary alicyclic amines) is 1. The number of amides is 3. The summed E-state index contributed by atoms with van der Waals surface area (Å²) < 4.78 is 30.4. The number of nitrogens with zero attached hydrogens (tertiary/aromatic N) is 1. The fraction of sp³-hybridized carbons (Fsp3) is 0.631. The third-order valence-electron chi connectivity index (χ3n) is 19.4. The van der Waals surface area contributed by atoms with Crippen molar-refractivity contribution in [3.63, 3.8) is 0 Å². The first-order chi connectivity index (χ1) is 37.1. The zero-order valence-corrected chi connectivity index (χ0v) is 47.7. The van der Waals surface area contributed by atoms with Gasteiger partial charge < -0.3 is 39.2 Å². The molecule has 12 heteroatoms. The standard InChI is InChI=1S/C65H91N3O9/c1-44(2)16-15-17-45(3)56-31-32-57-55-30-25-49-40-53(35-37-63(49,4)58(55)36-38-64(56,57)5)77-62(72)67-39-14-10-13-20-60(70)68-42-54(76-61(71)34-33-59(69)66-6)41-50(68)43-75-65(46-18-11-9-12-19-46,47-21-26-51(73-7)27-22-47)48-23-28-52(74-8)29-24-48/h9,11-12,18-19,21-29,44-45,50,53-58H,10,13-17,20,30-43H2,1-8H3,(H,66,69)(H,67,72)/t45-,50+,53+,54-,55?,56-,57?,58?,63+,64-/m1/s1.